The van der Waals surface area contributed by atoms with Crippen LogP contribution in [0.4, 0.5) is 0 Å². The summed E-state index contributed by atoms with van der Waals surface area (Å²) in [7, 11) is 0. The molecule has 8 aromatic heterocycles. The molecule has 8 fully saturated rings. The lowest BCUT2D eigenvalue weighted by Crippen LogP contribution is -2.30. The van der Waals surface area contributed by atoms with Crippen LogP contribution in [-0.2, 0) is 6.42 Å². The number of aryl methyl sites for hydroxylation is 2. The van der Waals surface area contributed by atoms with Gasteiger partial charge in [0.25, 0.3) is 46.7 Å². The van der Waals surface area contributed by atoms with Crippen LogP contribution >= 0.6 is 0 Å². The van der Waals surface area contributed by atoms with Crippen LogP contribution in [-0.4, -0.2) is 174 Å². The Balaban J connectivity index is 0.000000104. The highest BCUT2D eigenvalue weighted by atomic mass is 16.2. The Hall–Kier alpha value is -11.8. The number of benzene rings is 5. The molecule has 568 valence electrons. The summed E-state index contributed by atoms with van der Waals surface area (Å²) in [5.41, 5.74) is 12.9. The fraction of sp³-hybridized carbons (Fsp3) is 0.386. The van der Waals surface area contributed by atoms with Crippen molar-refractivity contribution >= 4 is 46.7 Å². The summed E-state index contributed by atoms with van der Waals surface area (Å²) in [5, 5.41) is 17.2. The summed E-state index contributed by atoms with van der Waals surface area (Å²) < 4.78 is 6.23. The summed E-state index contributed by atoms with van der Waals surface area (Å²) in [6.45, 7) is 15.4. The highest BCUT2D eigenvalue weighted by Crippen LogP contribution is 2.52. The van der Waals surface area contributed by atoms with Crippen molar-refractivity contribution in [3.8, 4) is 11.1 Å². The summed E-state index contributed by atoms with van der Waals surface area (Å²) in [4.78, 5) is 93.1. The smallest absolute Gasteiger partial charge is 0.293 e. The van der Waals surface area contributed by atoms with Gasteiger partial charge in [0.15, 0.2) is 0 Å². The Labute approximate surface area is 649 Å². The predicted molar refractivity (Wildman–Crippen MR) is 422 cm³/mol. The molecular weight excluding hydrogens is 1400 g/mol. The van der Waals surface area contributed by atoms with E-state index < -0.39 is 0 Å². The molecule has 21 rings (SSSR count). The fourth-order valence-electron chi connectivity index (χ4n) is 20.2. The van der Waals surface area contributed by atoms with Crippen molar-refractivity contribution in [3.05, 3.63) is 263 Å². The van der Waals surface area contributed by atoms with Crippen LogP contribution in [0.5, 0.6) is 0 Å². The van der Waals surface area contributed by atoms with Crippen molar-refractivity contribution in [1.29, 1.82) is 0 Å². The third kappa shape index (κ3) is 14.4. The summed E-state index contributed by atoms with van der Waals surface area (Å²) in [6.07, 6.45) is 24.0. The Morgan fingerprint density at radius 3 is 1.02 bits per heavy atom. The first-order valence-corrected chi connectivity index (χ1v) is 40.0. The zero-order valence-corrected chi connectivity index (χ0v) is 63.7. The first-order valence-electron chi connectivity index (χ1n) is 40.0. The van der Waals surface area contributed by atoms with Crippen LogP contribution in [0.15, 0.2) is 201 Å². The fourth-order valence-corrected chi connectivity index (χ4v) is 20.2. The molecule has 24 heteroatoms. The average molecular weight is 1490 g/mol. The van der Waals surface area contributed by atoms with Crippen LogP contribution < -0.4 is 0 Å². The molecule has 13 aromatic rings. The molecule has 8 aliphatic rings. The monoisotopic (exact) mass is 1490 g/mol. The number of likely N-dealkylation sites (tertiary alicyclic amines) is 4. The van der Waals surface area contributed by atoms with Gasteiger partial charge in [-0.2, -0.15) is 19.9 Å². The molecule has 4 amide bonds. The molecule has 12 heterocycles. The Bertz CT molecular complexity index is 5430. The summed E-state index contributed by atoms with van der Waals surface area (Å²) in [5.74, 6) is 10.1. The quantitative estimate of drug-likeness (QED) is 0.117. The van der Waals surface area contributed by atoms with Gasteiger partial charge in [-0.1, -0.05) is 148 Å². The average Bonchev–Trinajstić information content (AvgIpc) is 1.64. The maximum Gasteiger partial charge on any atom is 0.293 e. The summed E-state index contributed by atoms with van der Waals surface area (Å²) in [6, 6.07) is 53.0. The standard InChI is InChI=1S/C25H23N5O.C22H25N5O.C21H23N5O.C20H21N5O/c31-24(23-27-25-26-11-6-12-30(25)28-23)29-15-19-13-18(14-20(19)16-29)22-10-5-4-9-21(22)17-7-2-1-3-8-17;1-14(2)18-6-3-4-7-19(18)15-10-16-12-26(13-17(16)11-15)21(28)20-24-22-23-8-5-9-27(22)25-20;1-2-14-6-3-4-7-18(14)15-10-16-12-25(13-17(16)11-15)20(27)19-23-21-22-8-5-9-26(21)24-19;1-13-5-2-3-6-17(13)14-9-15-11-24(12-16(15)10-14)19(26)18-22-20-21-7-4-8-25(20)23-18/h1-12,18-20H,13-16H2;3-9,14-17H,10-13H2,1-2H3;3-9,15-17H,2,10-13H2,1H3;2-8,14-16H,9-12H2,1H3/t18?,19-,20+;2*15?,16-,17+;14?,15-,16+. The third-order valence-corrected chi connectivity index (χ3v) is 25.4. The zero-order valence-electron chi connectivity index (χ0n) is 63.7. The number of carbonyl (C=O) groups excluding carboxylic acids is 4. The maximum atomic E-state index is 13.0. The Morgan fingerprint density at radius 1 is 0.348 bits per heavy atom. The normalized spacial score (nSPS) is 24.0. The van der Waals surface area contributed by atoms with Crippen molar-refractivity contribution in [3.63, 3.8) is 0 Å². The molecule has 0 bridgehead atoms. The number of amides is 4. The van der Waals surface area contributed by atoms with Gasteiger partial charge in [-0.3, -0.25) is 19.2 Å². The lowest BCUT2D eigenvalue weighted by atomic mass is 9.87. The molecule has 0 N–H and O–H groups in total. The van der Waals surface area contributed by atoms with E-state index in [-0.39, 0.29) is 46.9 Å². The van der Waals surface area contributed by atoms with E-state index in [1.54, 1.807) is 91.9 Å². The first kappa shape index (κ1) is 71.8. The van der Waals surface area contributed by atoms with Crippen LogP contribution in [0.25, 0.3) is 34.2 Å². The maximum absolute atomic E-state index is 13.0. The molecule has 5 aromatic carbocycles. The molecule has 24 nitrogen and oxygen atoms in total. The molecule has 4 aliphatic heterocycles. The van der Waals surface area contributed by atoms with Crippen molar-refractivity contribution in [2.75, 3.05) is 52.4 Å². The number of rotatable bonds is 11. The van der Waals surface area contributed by atoms with E-state index >= 15 is 0 Å². The van der Waals surface area contributed by atoms with Crippen LogP contribution in [0, 0.1) is 54.3 Å². The second-order valence-electron chi connectivity index (χ2n) is 32.4. The topological polar surface area (TPSA) is 254 Å². The lowest BCUT2D eigenvalue weighted by Gasteiger charge is -2.21. The lowest BCUT2D eigenvalue weighted by molar-refractivity contribution is 0.0761. The van der Waals surface area contributed by atoms with Crippen LogP contribution in [0.3, 0.4) is 0 Å². The van der Waals surface area contributed by atoms with Crippen molar-refractivity contribution < 1.29 is 19.2 Å². The third-order valence-electron chi connectivity index (χ3n) is 25.4. The van der Waals surface area contributed by atoms with Gasteiger partial charge in [0, 0.05) is 102 Å². The van der Waals surface area contributed by atoms with Crippen LogP contribution in [0.2, 0.25) is 0 Å². The molecular formula is C88H92N20O4. The number of nitrogens with zero attached hydrogens (tertiary/aromatic N) is 20. The van der Waals surface area contributed by atoms with E-state index in [0.29, 0.717) is 100 Å². The van der Waals surface area contributed by atoms with Crippen molar-refractivity contribution in [2.24, 2.45) is 47.3 Å². The van der Waals surface area contributed by atoms with E-state index in [4.69, 9.17) is 0 Å². The highest BCUT2D eigenvalue weighted by Gasteiger charge is 2.48. The van der Waals surface area contributed by atoms with E-state index in [1.165, 1.54) is 88.6 Å². The van der Waals surface area contributed by atoms with Crippen molar-refractivity contribution in [2.45, 2.75) is 115 Å². The van der Waals surface area contributed by atoms with Gasteiger partial charge in [0.2, 0.25) is 23.3 Å². The second kappa shape index (κ2) is 30.8. The van der Waals surface area contributed by atoms with Gasteiger partial charge in [-0.25, -0.2) is 38.0 Å². The van der Waals surface area contributed by atoms with Gasteiger partial charge < -0.3 is 19.6 Å². The van der Waals surface area contributed by atoms with E-state index in [9.17, 15) is 19.2 Å². The molecule has 0 radical (unpaired) electrons. The number of hydrogen-bond acceptors (Lipinski definition) is 16. The molecule has 0 spiro atoms. The van der Waals surface area contributed by atoms with Gasteiger partial charge in [0.05, 0.1) is 0 Å². The van der Waals surface area contributed by atoms with E-state index in [2.05, 4.69) is 215 Å². The zero-order chi connectivity index (χ0) is 76.1. The number of aromatic nitrogens is 16. The molecule has 4 saturated heterocycles. The minimum Gasteiger partial charge on any atom is -0.335 e. The predicted octanol–water partition coefficient (Wildman–Crippen LogP) is 13.2. The van der Waals surface area contributed by atoms with Gasteiger partial charge in [0.1, 0.15) is 0 Å². The SMILES string of the molecule is CC(C)c1ccccc1C1C[C@@H]2CN(C(=O)c3nc4ncccn4n3)C[C@@H]2C1.CCc1ccccc1C1C[C@@H]2CN(C(=O)c3nc4ncccn4n3)C[C@@H]2C1.Cc1ccccc1C1C[C@@H]2CN(C(=O)c3nc4ncccn4n3)C[C@@H]2C1.O=C(c1nc2ncccn2n1)N1C[C@H]2CC(c3ccccc3-c3ccccc3)C[C@H]2C1. The molecule has 4 saturated carbocycles. The minimum absolute atomic E-state index is 0.0691. The largest absolute Gasteiger partial charge is 0.335 e. The second-order valence-corrected chi connectivity index (χ2v) is 32.4. The first-order chi connectivity index (χ1) is 54.8. The summed E-state index contributed by atoms with van der Waals surface area (Å²) >= 11 is 0. The van der Waals surface area contributed by atoms with E-state index in [1.807, 2.05) is 19.6 Å². The number of carbonyl (C=O) groups is 4. The van der Waals surface area contributed by atoms with Gasteiger partial charge in [-0.05, 0) is 216 Å². The van der Waals surface area contributed by atoms with Crippen molar-refractivity contribution in [1.82, 2.24) is 97.9 Å². The van der Waals surface area contributed by atoms with Gasteiger partial charge in [-0.15, -0.1) is 20.4 Å². The number of hydrogen-bond donors (Lipinski definition) is 0. The van der Waals surface area contributed by atoms with E-state index in [0.717, 1.165) is 71.6 Å². The minimum atomic E-state index is -0.0823. The molecule has 112 heavy (non-hydrogen) atoms. The molecule has 12 atom stereocenters. The van der Waals surface area contributed by atoms with Crippen LogP contribution in [0.1, 0.15) is 183 Å². The molecule has 4 unspecified atom stereocenters. The Kier molecular flexibility index (Phi) is 19.7. The highest BCUT2D eigenvalue weighted by molar-refractivity contribution is 5.93. The number of fused-ring (bicyclic) bond motifs is 8. The Morgan fingerprint density at radius 2 is 0.652 bits per heavy atom. The van der Waals surface area contributed by atoms with Gasteiger partial charge >= 0.3 is 0 Å². The molecule has 4 aliphatic carbocycles.